The van der Waals surface area contributed by atoms with Crippen LogP contribution in [0.3, 0.4) is 0 Å². The molecule has 2 N–H and O–H groups in total. The number of rotatable bonds is 8. The molecule has 0 fully saturated rings. The zero-order valence-electron chi connectivity index (χ0n) is 15.7. The summed E-state index contributed by atoms with van der Waals surface area (Å²) in [7, 11) is -3.64. The molecule has 2 aromatic carbocycles. The van der Waals surface area contributed by atoms with Gasteiger partial charge < -0.3 is 5.32 Å². The van der Waals surface area contributed by atoms with Crippen molar-refractivity contribution in [3.8, 4) is 0 Å². The number of ketones is 1. The second-order valence-electron chi connectivity index (χ2n) is 6.34. The third-order valence-corrected chi connectivity index (χ3v) is 6.63. The number of thiophene rings is 1. The summed E-state index contributed by atoms with van der Waals surface area (Å²) in [5.74, 6) is -0.418. The molecule has 0 aliphatic heterocycles. The monoisotopic (exact) mass is 428 g/mol. The number of benzene rings is 2. The molecule has 0 saturated heterocycles. The van der Waals surface area contributed by atoms with Crippen molar-refractivity contribution in [2.45, 2.75) is 18.2 Å². The zero-order chi connectivity index (χ0) is 20.9. The summed E-state index contributed by atoms with van der Waals surface area (Å²) < 4.78 is 27.3. The van der Waals surface area contributed by atoms with E-state index in [9.17, 15) is 18.0 Å². The van der Waals surface area contributed by atoms with Crippen molar-refractivity contribution in [2.24, 2.45) is 0 Å². The van der Waals surface area contributed by atoms with Crippen LogP contribution in [-0.4, -0.2) is 26.7 Å². The van der Waals surface area contributed by atoms with Gasteiger partial charge in [0.15, 0.2) is 5.78 Å². The summed E-state index contributed by atoms with van der Waals surface area (Å²) in [5.41, 5.74) is 1.44. The summed E-state index contributed by atoms with van der Waals surface area (Å²) >= 11 is 1.58. The molecule has 3 aromatic rings. The molecule has 1 heterocycles. The Balaban J connectivity index is 1.60. The lowest BCUT2D eigenvalue weighted by molar-refractivity contribution is 0.101. The maximum Gasteiger partial charge on any atom is 0.255 e. The van der Waals surface area contributed by atoms with E-state index < -0.39 is 10.0 Å². The van der Waals surface area contributed by atoms with E-state index in [4.69, 9.17) is 0 Å². The van der Waals surface area contributed by atoms with Crippen molar-refractivity contribution in [1.29, 1.82) is 0 Å². The molecular weight excluding hydrogens is 408 g/mol. The molecule has 1 aromatic heterocycles. The van der Waals surface area contributed by atoms with Gasteiger partial charge in [0.25, 0.3) is 5.91 Å². The molecule has 1 amide bonds. The van der Waals surface area contributed by atoms with Gasteiger partial charge in [-0.25, -0.2) is 13.1 Å². The molecule has 8 heteroatoms. The normalized spacial score (nSPS) is 11.2. The highest BCUT2D eigenvalue weighted by Crippen LogP contribution is 2.15. The standard InChI is InChI=1S/C21H20N2O4S2/c1-15(24)16-4-8-18(9-5-16)23-21(25)17-6-10-20(11-7-17)29(26,27)22-13-12-19-3-2-14-28-19/h2-11,14,22H,12-13H2,1H3,(H,23,25). The van der Waals surface area contributed by atoms with Crippen LogP contribution in [0.1, 0.15) is 32.5 Å². The smallest absolute Gasteiger partial charge is 0.255 e. The van der Waals surface area contributed by atoms with Crippen LogP contribution in [0.25, 0.3) is 0 Å². The Kier molecular flexibility index (Phi) is 6.58. The maximum atomic E-state index is 12.4. The summed E-state index contributed by atoms with van der Waals surface area (Å²) in [6.07, 6.45) is 0.625. The minimum Gasteiger partial charge on any atom is -0.322 e. The molecule has 0 spiro atoms. The van der Waals surface area contributed by atoms with Crippen molar-refractivity contribution >= 4 is 38.7 Å². The second-order valence-corrected chi connectivity index (χ2v) is 9.14. The fourth-order valence-corrected chi connectivity index (χ4v) is 4.36. The Labute approximate surface area is 173 Å². The lowest BCUT2D eigenvalue weighted by atomic mass is 10.1. The van der Waals surface area contributed by atoms with Crippen LogP contribution in [0, 0.1) is 0 Å². The largest absolute Gasteiger partial charge is 0.322 e. The number of carbonyl (C=O) groups is 2. The molecular formula is C21H20N2O4S2. The summed E-state index contributed by atoms with van der Waals surface area (Å²) in [4.78, 5) is 24.9. The number of hydrogen-bond acceptors (Lipinski definition) is 5. The molecule has 150 valence electrons. The predicted molar refractivity (Wildman–Crippen MR) is 114 cm³/mol. The van der Waals surface area contributed by atoms with Crippen LogP contribution in [0.2, 0.25) is 0 Å². The Morgan fingerprint density at radius 3 is 2.17 bits per heavy atom. The predicted octanol–water partition coefficient (Wildman–Crippen LogP) is 3.72. The minimum absolute atomic E-state index is 0.0522. The van der Waals surface area contributed by atoms with Crippen LogP contribution in [-0.2, 0) is 16.4 Å². The lowest BCUT2D eigenvalue weighted by Crippen LogP contribution is -2.26. The van der Waals surface area contributed by atoms with E-state index in [2.05, 4.69) is 10.0 Å². The fourth-order valence-electron chi connectivity index (χ4n) is 2.62. The van der Waals surface area contributed by atoms with Gasteiger partial charge in [-0.2, -0.15) is 0 Å². The highest BCUT2D eigenvalue weighted by molar-refractivity contribution is 7.89. The van der Waals surface area contributed by atoms with Gasteiger partial charge in [-0.3, -0.25) is 9.59 Å². The Hall–Kier alpha value is -2.81. The van der Waals surface area contributed by atoms with E-state index in [-0.39, 0.29) is 16.6 Å². The minimum atomic E-state index is -3.64. The highest BCUT2D eigenvalue weighted by Gasteiger charge is 2.15. The Morgan fingerprint density at radius 1 is 0.931 bits per heavy atom. The van der Waals surface area contributed by atoms with Crippen LogP contribution in [0.4, 0.5) is 5.69 Å². The molecule has 3 rings (SSSR count). The van der Waals surface area contributed by atoms with Crippen LogP contribution in [0.5, 0.6) is 0 Å². The van der Waals surface area contributed by atoms with Crippen LogP contribution >= 0.6 is 11.3 Å². The van der Waals surface area contributed by atoms with Crippen molar-refractivity contribution < 1.29 is 18.0 Å². The molecule has 29 heavy (non-hydrogen) atoms. The zero-order valence-corrected chi connectivity index (χ0v) is 17.3. The van der Waals surface area contributed by atoms with Gasteiger partial charge in [-0.15, -0.1) is 11.3 Å². The van der Waals surface area contributed by atoms with E-state index in [0.29, 0.717) is 29.8 Å². The topological polar surface area (TPSA) is 92.3 Å². The van der Waals surface area contributed by atoms with E-state index in [0.717, 1.165) is 4.88 Å². The highest BCUT2D eigenvalue weighted by atomic mass is 32.2. The third-order valence-electron chi connectivity index (χ3n) is 4.22. The second kappa shape index (κ2) is 9.13. The SMILES string of the molecule is CC(=O)c1ccc(NC(=O)c2ccc(S(=O)(=O)NCCc3cccs3)cc2)cc1. The fraction of sp³-hybridized carbons (Fsp3) is 0.143. The first-order valence-electron chi connectivity index (χ1n) is 8.89. The van der Waals surface area contributed by atoms with Crippen molar-refractivity contribution in [3.05, 3.63) is 82.0 Å². The first kappa shape index (κ1) is 20.9. The van der Waals surface area contributed by atoms with Crippen molar-refractivity contribution in [3.63, 3.8) is 0 Å². The maximum absolute atomic E-state index is 12.4. The molecule has 0 aliphatic rings. The van der Waals surface area contributed by atoms with E-state index in [1.54, 1.807) is 35.6 Å². The van der Waals surface area contributed by atoms with E-state index in [1.165, 1.54) is 31.2 Å². The molecule has 0 bridgehead atoms. The van der Waals surface area contributed by atoms with Gasteiger partial charge in [0.1, 0.15) is 0 Å². The number of anilines is 1. The summed E-state index contributed by atoms with van der Waals surface area (Å²) in [6, 6.07) is 16.2. The quantitative estimate of drug-likeness (QED) is 0.535. The van der Waals surface area contributed by atoms with Crippen LogP contribution < -0.4 is 10.0 Å². The number of nitrogens with one attached hydrogen (secondary N) is 2. The van der Waals surface area contributed by atoms with Crippen molar-refractivity contribution in [2.75, 3.05) is 11.9 Å². The van der Waals surface area contributed by atoms with Gasteiger partial charge in [0, 0.05) is 28.2 Å². The van der Waals surface area contributed by atoms with Crippen LogP contribution in [0.15, 0.2) is 70.9 Å². The van der Waals surface area contributed by atoms with Gasteiger partial charge >= 0.3 is 0 Å². The molecule has 0 saturated carbocycles. The Morgan fingerprint density at radius 2 is 1.59 bits per heavy atom. The molecule has 0 radical (unpaired) electrons. The number of amides is 1. The van der Waals surface area contributed by atoms with Gasteiger partial charge in [-0.05, 0) is 73.3 Å². The number of sulfonamides is 1. The summed E-state index contributed by atoms with van der Waals surface area (Å²) in [5, 5.41) is 4.67. The third kappa shape index (κ3) is 5.60. The molecule has 0 atom stereocenters. The molecule has 0 unspecified atom stereocenters. The van der Waals surface area contributed by atoms with Gasteiger partial charge in [-0.1, -0.05) is 6.07 Å². The van der Waals surface area contributed by atoms with E-state index >= 15 is 0 Å². The first-order valence-corrected chi connectivity index (χ1v) is 11.3. The van der Waals surface area contributed by atoms with E-state index in [1.807, 2.05) is 17.5 Å². The Bertz CT molecular complexity index is 1090. The number of hydrogen-bond donors (Lipinski definition) is 2. The lowest BCUT2D eigenvalue weighted by Gasteiger charge is -2.08. The van der Waals surface area contributed by atoms with Gasteiger partial charge in [0.2, 0.25) is 10.0 Å². The molecule has 0 aliphatic carbocycles. The number of carbonyl (C=O) groups excluding carboxylic acids is 2. The van der Waals surface area contributed by atoms with Gasteiger partial charge in [0.05, 0.1) is 4.90 Å². The van der Waals surface area contributed by atoms with Crippen molar-refractivity contribution in [1.82, 2.24) is 4.72 Å². The summed E-state index contributed by atoms with van der Waals surface area (Å²) in [6.45, 7) is 1.78. The average molecular weight is 429 g/mol. The molecule has 6 nitrogen and oxygen atoms in total. The first-order chi connectivity index (χ1) is 13.8. The number of Topliss-reactive ketones (excluding diaryl/α,β-unsaturated/α-hetero) is 1. The average Bonchev–Trinajstić information content (AvgIpc) is 3.22.